The lowest BCUT2D eigenvalue weighted by Crippen LogP contribution is -2.18. The summed E-state index contributed by atoms with van der Waals surface area (Å²) in [6.07, 6.45) is 7.69. The third-order valence-electron chi connectivity index (χ3n) is 5.18. The summed E-state index contributed by atoms with van der Waals surface area (Å²) in [6.45, 7) is 2.12. The lowest BCUT2D eigenvalue weighted by Gasteiger charge is -2.08. The summed E-state index contributed by atoms with van der Waals surface area (Å²) in [5, 5.41) is 6.46. The number of fused-ring (bicyclic) bond motifs is 1. The van der Waals surface area contributed by atoms with Crippen molar-refractivity contribution in [2.24, 2.45) is 0 Å². The first-order valence-electron chi connectivity index (χ1n) is 10.6. The Kier molecular flexibility index (Phi) is 6.50. The number of aryl methyl sites for hydroxylation is 1. The fourth-order valence-corrected chi connectivity index (χ4v) is 3.49. The van der Waals surface area contributed by atoms with Gasteiger partial charge in [0, 0.05) is 48.2 Å². The quantitative estimate of drug-likeness (QED) is 0.355. The zero-order valence-electron chi connectivity index (χ0n) is 18.4. The van der Waals surface area contributed by atoms with Crippen LogP contribution in [0.3, 0.4) is 0 Å². The van der Waals surface area contributed by atoms with E-state index >= 15 is 0 Å². The highest BCUT2D eigenvalue weighted by Gasteiger charge is 2.08. The van der Waals surface area contributed by atoms with E-state index in [9.17, 15) is 9.59 Å². The van der Waals surface area contributed by atoms with E-state index < -0.39 is 0 Å². The number of nitrogens with zero attached hydrogens (tertiary/aromatic N) is 1. The lowest BCUT2D eigenvalue weighted by molar-refractivity contribution is -0.111. The molecule has 33 heavy (non-hydrogen) atoms. The number of carbonyl (C=O) groups is 2. The maximum atomic E-state index is 12.4. The van der Waals surface area contributed by atoms with Gasteiger partial charge in [-0.1, -0.05) is 25.1 Å². The molecule has 0 unspecified atom stereocenters. The minimum absolute atomic E-state index is 0.228. The van der Waals surface area contributed by atoms with Crippen molar-refractivity contribution in [3.05, 3.63) is 89.9 Å². The minimum atomic E-state index is -0.287. The number of carbonyl (C=O) groups excluding carboxylic acids is 2. The average molecular weight is 441 g/mol. The highest BCUT2D eigenvalue weighted by Crippen LogP contribution is 2.24. The molecule has 2 heterocycles. The number of nitrogens with one attached hydrogen (secondary N) is 3. The normalized spacial score (nSPS) is 11.0. The number of hydrogen-bond donors (Lipinski definition) is 3. The Morgan fingerprint density at radius 1 is 1.09 bits per heavy atom. The van der Waals surface area contributed by atoms with Gasteiger partial charge in [-0.05, 0) is 54.0 Å². The highest BCUT2D eigenvalue weighted by atomic mass is 16.5. The van der Waals surface area contributed by atoms with Crippen molar-refractivity contribution >= 4 is 34.5 Å². The van der Waals surface area contributed by atoms with Crippen LogP contribution in [0.25, 0.3) is 17.0 Å². The molecule has 3 N–H and O–H groups in total. The van der Waals surface area contributed by atoms with E-state index in [1.165, 1.54) is 17.8 Å². The van der Waals surface area contributed by atoms with E-state index in [0.717, 1.165) is 22.9 Å². The fourth-order valence-electron chi connectivity index (χ4n) is 3.49. The molecule has 0 saturated carbocycles. The van der Waals surface area contributed by atoms with Gasteiger partial charge in [-0.25, -0.2) is 0 Å². The third kappa shape index (κ3) is 5.10. The van der Waals surface area contributed by atoms with Crippen LogP contribution >= 0.6 is 0 Å². The second-order valence-corrected chi connectivity index (χ2v) is 7.34. The highest BCUT2D eigenvalue weighted by molar-refractivity contribution is 6.03. The second-order valence-electron chi connectivity index (χ2n) is 7.34. The minimum Gasteiger partial charge on any atom is -0.457 e. The number of hydrogen-bond acceptors (Lipinski definition) is 4. The van der Waals surface area contributed by atoms with Crippen molar-refractivity contribution in [1.82, 2.24) is 15.3 Å². The Balaban J connectivity index is 1.39. The molecular weight excluding hydrogens is 416 g/mol. The Morgan fingerprint density at radius 2 is 1.91 bits per heavy atom. The van der Waals surface area contributed by atoms with Gasteiger partial charge in [0.15, 0.2) is 0 Å². The second kappa shape index (κ2) is 9.82. The number of para-hydroxylation sites is 1. The first kappa shape index (κ1) is 21.8. The number of H-pyrrole nitrogens is 1. The molecule has 0 aliphatic heterocycles. The molecule has 0 fully saturated rings. The van der Waals surface area contributed by atoms with Crippen LogP contribution in [0.15, 0.2) is 73.1 Å². The van der Waals surface area contributed by atoms with Crippen LogP contribution in [0.5, 0.6) is 11.5 Å². The largest absolute Gasteiger partial charge is 0.457 e. The van der Waals surface area contributed by atoms with Crippen molar-refractivity contribution in [3.8, 4) is 11.5 Å². The molecule has 0 radical (unpaired) electrons. The summed E-state index contributed by atoms with van der Waals surface area (Å²) >= 11 is 0. The number of aromatic amines is 1. The van der Waals surface area contributed by atoms with Gasteiger partial charge >= 0.3 is 0 Å². The third-order valence-corrected chi connectivity index (χ3v) is 5.18. The summed E-state index contributed by atoms with van der Waals surface area (Å²) in [5.74, 6) is 0.551. The van der Waals surface area contributed by atoms with Crippen molar-refractivity contribution in [1.29, 1.82) is 0 Å². The Bertz CT molecular complexity index is 1320. The number of ether oxygens (including phenoxy) is 1. The standard InChI is InChI=1S/C26H24N4O3/c1-3-17-5-4-6-22-18(16-29-25(17)22)7-12-24(31)30-19-8-10-20(11-9-19)33-21-13-14-28-23(15-21)26(32)27-2/h4-16,29H,3H2,1-2H3,(H,27,32)(H,30,31). The van der Waals surface area contributed by atoms with Crippen LogP contribution in [0, 0.1) is 0 Å². The summed E-state index contributed by atoms with van der Waals surface area (Å²) < 4.78 is 5.78. The predicted molar refractivity (Wildman–Crippen MR) is 129 cm³/mol. The van der Waals surface area contributed by atoms with E-state index in [-0.39, 0.29) is 17.5 Å². The molecule has 7 nitrogen and oxygen atoms in total. The number of rotatable bonds is 7. The lowest BCUT2D eigenvalue weighted by atomic mass is 10.1. The fraction of sp³-hybridized carbons (Fsp3) is 0.115. The van der Waals surface area contributed by atoms with Gasteiger partial charge in [0.05, 0.1) is 0 Å². The topological polar surface area (TPSA) is 96.1 Å². The van der Waals surface area contributed by atoms with Crippen LogP contribution in [0.4, 0.5) is 5.69 Å². The van der Waals surface area contributed by atoms with Crippen LogP contribution in [0.1, 0.15) is 28.5 Å². The molecular formula is C26H24N4O3. The van der Waals surface area contributed by atoms with E-state index in [0.29, 0.717) is 17.2 Å². The molecule has 7 heteroatoms. The van der Waals surface area contributed by atoms with Gasteiger partial charge in [0.2, 0.25) is 5.91 Å². The van der Waals surface area contributed by atoms with Crippen LogP contribution < -0.4 is 15.4 Å². The van der Waals surface area contributed by atoms with Crippen LogP contribution in [0.2, 0.25) is 0 Å². The summed E-state index contributed by atoms with van der Waals surface area (Å²) in [5.41, 5.74) is 4.23. The molecule has 2 amide bonds. The number of pyridine rings is 1. The summed E-state index contributed by atoms with van der Waals surface area (Å²) in [4.78, 5) is 31.4. The van der Waals surface area contributed by atoms with Crippen molar-refractivity contribution in [2.75, 3.05) is 12.4 Å². The predicted octanol–water partition coefficient (Wildman–Crippen LogP) is 4.93. The number of anilines is 1. The van der Waals surface area contributed by atoms with E-state index in [1.54, 1.807) is 49.5 Å². The zero-order valence-corrected chi connectivity index (χ0v) is 18.4. The molecule has 0 atom stereocenters. The molecule has 0 spiro atoms. The van der Waals surface area contributed by atoms with E-state index in [4.69, 9.17) is 4.74 Å². The zero-order chi connectivity index (χ0) is 23.2. The molecule has 0 bridgehead atoms. The van der Waals surface area contributed by atoms with E-state index in [1.807, 2.05) is 18.3 Å². The van der Waals surface area contributed by atoms with Crippen LogP contribution in [-0.2, 0) is 11.2 Å². The van der Waals surface area contributed by atoms with Crippen molar-refractivity contribution in [2.45, 2.75) is 13.3 Å². The number of amides is 2. The van der Waals surface area contributed by atoms with Gasteiger partial charge < -0.3 is 20.4 Å². The van der Waals surface area contributed by atoms with Gasteiger partial charge in [-0.15, -0.1) is 0 Å². The Labute approximate surface area is 191 Å². The average Bonchev–Trinajstić information content (AvgIpc) is 3.27. The SMILES string of the molecule is CCc1cccc2c(C=CC(=O)Nc3ccc(Oc4ccnc(C(=O)NC)c4)cc3)c[nH]c12. The number of aromatic nitrogens is 2. The smallest absolute Gasteiger partial charge is 0.269 e. The van der Waals surface area contributed by atoms with Gasteiger partial charge in [0.25, 0.3) is 5.91 Å². The van der Waals surface area contributed by atoms with E-state index in [2.05, 4.69) is 33.6 Å². The van der Waals surface area contributed by atoms with Crippen molar-refractivity contribution < 1.29 is 14.3 Å². The van der Waals surface area contributed by atoms with Gasteiger partial charge in [-0.3, -0.25) is 14.6 Å². The molecule has 166 valence electrons. The Morgan fingerprint density at radius 3 is 2.67 bits per heavy atom. The molecule has 4 aromatic rings. The molecule has 0 aliphatic carbocycles. The Hall–Kier alpha value is -4.39. The first-order chi connectivity index (χ1) is 16.1. The summed E-state index contributed by atoms with van der Waals surface area (Å²) in [6, 6.07) is 16.4. The van der Waals surface area contributed by atoms with Gasteiger partial charge in [0.1, 0.15) is 17.2 Å². The molecule has 0 aliphatic rings. The van der Waals surface area contributed by atoms with Crippen molar-refractivity contribution in [3.63, 3.8) is 0 Å². The van der Waals surface area contributed by atoms with Gasteiger partial charge in [-0.2, -0.15) is 0 Å². The first-order valence-corrected chi connectivity index (χ1v) is 10.6. The monoisotopic (exact) mass is 440 g/mol. The molecule has 2 aromatic carbocycles. The summed E-state index contributed by atoms with van der Waals surface area (Å²) in [7, 11) is 1.54. The number of benzene rings is 2. The maximum Gasteiger partial charge on any atom is 0.269 e. The maximum absolute atomic E-state index is 12.4. The molecule has 0 saturated heterocycles. The molecule has 2 aromatic heterocycles. The van der Waals surface area contributed by atoms with Crippen LogP contribution in [-0.4, -0.2) is 28.8 Å². The molecule has 4 rings (SSSR count).